The molecule has 0 saturated carbocycles. The molecule has 2 bridgehead atoms. The number of piperidine rings is 2. The molecule has 0 amide bonds. The first-order valence-corrected chi connectivity index (χ1v) is 9.73. The van der Waals surface area contributed by atoms with E-state index in [9.17, 15) is 0 Å². The molecule has 5 heteroatoms. The Labute approximate surface area is 90.1 Å². The van der Waals surface area contributed by atoms with Crippen molar-refractivity contribution in [2.75, 3.05) is 26.2 Å². The molecule has 76 valence electrons. The Morgan fingerprint density at radius 1 is 0.917 bits per heavy atom. The van der Waals surface area contributed by atoms with E-state index in [-0.39, 0.29) is 0 Å². The van der Waals surface area contributed by atoms with Crippen LogP contribution in [0.15, 0.2) is 0 Å². The maximum absolute atomic E-state index is 4.88. The minimum absolute atomic E-state index is 0.472. The van der Waals surface area contributed by atoms with Crippen LogP contribution in [0.1, 0.15) is 6.42 Å². The summed E-state index contributed by atoms with van der Waals surface area (Å²) in [5.74, 6) is 1.86. The van der Waals surface area contributed by atoms with Crippen molar-refractivity contribution in [3.63, 3.8) is 0 Å². The Kier molecular flexibility index (Phi) is 6.21. The van der Waals surface area contributed by atoms with Crippen LogP contribution in [0, 0.1) is 11.8 Å². The number of fused-ring (bicyclic) bond motifs is 2. The van der Waals surface area contributed by atoms with E-state index in [1.54, 1.807) is 0 Å². The third kappa shape index (κ3) is 3.93. The van der Waals surface area contributed by atoms with E-state index in [0.29, 0.717) is 0 Å². The number of nitrogens with one attached hydrogen (secondary N) is 2. The zero-order valence-electron chi connectivity index (χ0n) is 6.76. The van der Waals surface area contributed by atoms with Gasteiger partial charge in [-0.15, -0.1) is 0 Å². The van der Waals surface area contributed by atoms with Crippen molar-refractivity contribution in [2.45, 2.75) is 6.42 Å². The van der Waals surface area contributed by atoms with Crippen LogP contribution in [0.3, 0.4) is 0 Å². The molecular weight excluding hydrogens is 378 g/mol. The second kappa shape index (κ2) is 6.61. The normalized spacial score (nSPS) is 33.8. The Hall–Kier alpha value is 1.19. The van der Waals surface area contributed by atoms with Crippen LogP contribution in [0.2, 0.25) is 0 Å². The summed E-state index contributed by atoms with van der Waals surface area (Å²) in [5.41, 5.74) is 0. The second-order valence-corrected chi connectivity index (χ2v) is 6.61. The average Bonchev–Trinajstić information content (AvgIpc) is 2.06. The molecule has 0 aromatic heterocycles. The van der Waals surface area contributed by atoms with Gasteiger partial charge in [0.25, 0.3) is 0 Å². The van der Waals surface area contributed by atoms with Crippen LogP contribution >= 0.6 is 18.8 Å². The van der Waals surface area contributed by atoms with Gasteiger partial charge in [-0.3, -0.25) is 0 Å². The number of hydrogen-bond donors (Lipinski definition) is 2. The molecule has 2 N–H and O–H groups in total. The predicted octanol–water partition coefficient (Wildman–Crippen LogP) is 1.19. The predicted molar refractivity (Wildman–Crippen MR) is 49.0 cm³/mol. The first-order chi connectivity index (χ1) is 5.86. The van der Waals surface area contributed by atoms with Gasteiger partial charge in [-0.05, 0) is 44.4 Å². The van der Waals surface area contributed by atoms with E-state index in [2.05, 4.69) is 10.6 Å². The second-order valence-electron chi connectivity index (χ2n) is 3.33. The van der Waals surface area contributed by atoms with Gasteiger partial charge in [-0.1, -0.05) is 0 Å². The Balaban J connectivity index is 0.000000213. The van der Waals surface area contributed by atoms with Gasteiger partial charge in [0.1, 0.15) is 0 Å². The molecule has 2 aliphatic heterocycles. The summed E-state index contributed by atoms with van der Waals surface area (Å²) in [6, 6.07) is 0. The van der Waals surface area contributed by atoms with Crippen molar-refractivity contribution in [2.24, 2.45) is 11.8 Å². The van der Waals surface area contributed by atoms with Gasteiger partial charge in [0.05, 0.1) is 0 Å². The zero-order valence-corrected chi connectivity index (χ0v) is 10.5. The van der Waals surface area contributed by atoms with E-state index in [4.69, 9.17) is 18.8 Å². The van der Waals surface area contributed by atoms with Crippen molar-refractivity contribution >= 4 is 18.8 Å². The van der Waals surface area contributed by atoms with Crippen LogP contribution in [-0.2, 0) is 16.5 Å². The maximum atomic E-state index is 4.88. The van der Waals surface area contributed by atoms with Gasteiger partial charge in [-0.2, -0.15) is 0 Å². The summed E-state index contributed by atoms with van der Waals surface area (Å²) in [6.45, 7) is 4.96. The van der Waals surface area contributed by atoms with Crippen molar-refractivity contribution in [3.05, 3.63) is 0 Å². The third-order valence-electron chi connectivity index (χ3n) is 2.40. The topological polar surface area (TPSA) is 24.1 Å². The molecule has 0 spiro atoms. The summed E-state index contributed by atoms with van der Waals surface area (Å²) in [5, 5.41) is 6.89. The van der Waals surface area contributed by atoms with Crippen molar-refractivity contribution < 1.29 is 16.5 Å². The molecule has 0 aromatic rings. The summed E-state index contributed by atoms with van der Waals surface area (Å²) in [6.07, 6.45) is 1.46. The fourth-order valence-electron chi connectivity index (χ4n) is 1.93. The molecule has 2 rings (SSSR count). The van der Waals surface area contributed by atoms with Crippen LogP contribution in [0.5, 0.6) is 0 Å². The van der Waals surface area contributed by atoms with Crippen LogP contribution in [-0.4, -0.2) is 26.2 Å². The van der Waals surface area contributed by atoms with Gasteiger partial charge in [0, 0.05) is 0 Å². The molecule has 0 aromatic carbocycles. The molecule has 2 saturated heterocycles. The molecule has 0 unspecified atom stereocenters. The quantitative estimate of drug-likeness (QED) is 0.648. The van der Waals surface area contributed by atoms with Gasteiger partial charge < -0.3 is 10.6 Å². The Morgan fingerprint density at radius 3 is 1.50 bits per heavy atom. The molecule has 2 aliphatic rings. The van der Waals surface area contributed by atoms with Crippen molar-refractivity contribution in [3.8, 4) is 0 Å². The van der Waals surface area contributed by atoms with Crippen molar-refractivity contribution in [1.82, 2.24) is 10.6 Å². The average molecular weight is 392 g/mol. The van der Waals surface area contributed by atoms with E-state index in [1.165, 1.54) is 32.6 Å². The Morgan fingerprint density at radius 2 is 1.25 bits per heavy atom. The molecule has 2 fully saturated rings. The number of hydrogen-bond acceptors (Lipinski definition) is 2. The van der Waals surface area contributed by atoms with E-state index in [1.807, 2.05) is 0 Å². The van der Waals surface area contributed by atoms with Gasteiger partial charge in [0.15, 0.2) is 0 Å². The van der Waals surface area contributed by atoms with Crippen molar-refractivity contribution in [1.29, 1.82) is 0 Å². The fraction of sp³-hybridized carbons (Fsp3) is 1.00. The van der Waals surface area contributed by atoms with Crippen LogP contribution < -0.4 is 10.6 Å². The molecule has 12 heavy (non-hydrogen) atoms. The summed E-state index contributed by atoms with van der Waals surface area (Å²) < 4.78 is 0. The molecule has 2 heterocycles. The van der Waals surface area contributed by atoms with Crippen LogP contribution in [0.4, 0.5) is 0 Å². The van der Waals surface area contributed by atoms with Crippen LogP contribution in [0.25, 0.3) is 0 Å². The number of rotatable bonds is 0. The third-order valence-corrected chi connectivity index (χ3v) is 2.40. The van der Waals surface area contributed by atoms with Gasteiger partial charge in [-0.25, -0.2) is 0 Å². The first-order valence-electron chi connectivity index (χ1n) is 4.10. The van der Waals surface area contributed by atoms with E-state index in [0.717, 1.165) is 11.8 Å². The summed E-state index contributed by atoms with van der Waals surface area (Å²) in [4.78, 5) is 0. The Bertz CT molecular complexity index is 106. The first kappa shape index (κ1) is 11.3. The van der Waals surface area contributed by atoms with Gasteiger partial charge >= 0.3 is 35.3 Å². The monoisotopic (exact) mass is 391 g/mol. The minimum atomic E-state index is -0.472. The fourth-order valence-corrected chi connectivity index (χ4v) is 1.93. The van der Waals surface area contributed by atoms with Gasteiger partial charge in [0.2, 0.25) is 0 Å². The molecule has 2 nitrogen and oxygen atoms in total. The molecule has 0 aliphatic carbocycles. The summed E-state index contributed by atoms with van der Waals surface area (Å²) in [7, 11) is 9.75. The molecule has 0 radical (unpaired) electrons. The standard InChI is InChI=1S/C7H14N2.2ClH.Pt/c1-6-2-8-4-7(1)5-9-3-6;;;/h6-9H,1-5H2;2*1H;/q;;;+2/p-2. The number of halogens is 2. The SMILES string of the molecule is C1NCC2CNCC1C2.[Cl][Pt][Cl]. The van der Waals surface area contributed by atoms with E-state index < -0.39 is 16.5 Å². The van der Waals surface area contributed by atoms with E-state index >= 15 is 0 Å². The molecular formula is C7H14Cl2N2Pt. The molecule has 0 atom stereocenters. The summed E-state index contributed by atoms with van der Waals surface area (Å²) >= 11 is -0.472. The zero-order chi connectivity index (χ0) is 8.81.